The Morgan fingerprint density at radius 1 is 1.05 bits per heavy atom. The van der Waals surface area contributed by atoms with E-state index in [4.69, 9.17) is 0 Å². The second-order valence-electron chi connectivity index (χ2n) is 6.16. The quantitative estimate of drug-likeness (QED) is 0.915. The Hall–Kier alpha value is -1.61. The Balaban J connectivity index is 2.16. The lowest BCUT2D eigenvalue weighted by Gasteiger charge is -2.17. The zero-order valence-electron chi connectivity index (χ0n) is 14.1. The lowest BCUT2D eigenvalue weighted by molar-refractivity contribution is 0.553. The topological polar surface area (TPSA) is 29.9 Å². The van der Waals surface area contributed by atoms with Crippen molar-refractivity contribution in [3.05, 3.63) is 51.8 Å². The van der Waals surface area contributed by atoms with Gasteiger partial charge in [0.1, 0.15) is 0 Å². The second kappa shape index (κ2) is 6.44. The molecule has 0 aliphatic rings. The van der Waals surface area contributed by atoms with Gasteiger partial charge in [-0.3, -0.25) is 4.68 Å². The fourth-order valence-electron chi connectivity index (χ4n) is 3.11. The van der Waals surface area contributed by atoms with Gasteiger partial charge in [0.25, 0.3) is 0 Å². The number of hydrogen-bond donors (Lipinski definition) is 1. The van der Waals surface area contributed by atoms with Crippen LogP contribution in [0.5, 0.6) is 0 Å². The second-order valence-corrected chi connectivity index (χ2v) is 6.16. The first-order valence-electron chi connectivity index (χ1n) is 7.64. The molecule has 1 heterocycles. The molecule has 1 atom stereocenters. The van der Waals surface area contributed by atoms with Crippen molar-refractivity contribution < 1.29 is 0 Å². The number of likely N-dealkylation sites (N-methyl/N-ethyl adjacent to an activating group) is 1. The van der Waals surface area contributed by atoms with E-state index in [2.05, 4.69) is 56.3 Å². The Morgan fingerprint density at radius 3 is 2.14 bits per heavy atom. The molecule has 21 heavy (non-hydrogen) atoms. The van der Waals surface area contributed by atoms with Crippen molar-refractivity contribution in [2.75, 3.05) is 7.05 Å². The molecule has 2 rings (SSSR count). The van der Waals surface area contributed by atoms with Gasteiger partial charge in [-0.25, -0.2) is 0 Å². The van der Waals surface area contributed by atoms with Gasteiger partial charge < -0.3 is 5.32 Å². The van der Waals surface area contributed by atoms with Gasteiger partial charge in [0.15, 0.2) is 0 Å². The van der Waals surface area contributed by atoms with Gasteiger partial charge in [0.05, 0.1) is 5.69 Å². The predicted octanol–water partition coefficient (Wildman–Crippen LogP) is 3.03. The number of aryl methyl sites for hydroxylation is 4. The van der Waals surface area contributed by atoms with Crippen molar-refractivity contribution in [3.63, 3.8) is 0 Å². The highest BCUT2D eigenvalue weighted by atomic mass is 15.3. The summed E-state index contributed by atoms with van der Waals surface area (Å²) in [5.41, 5.74) is 7.89. The SMILES string of the molecule is CNC(Cc1cc(C)cc(C)c1)Cc1c(C)nn(C)c1C. The molecule has 1 aromatic carbocycles. The zero-order chi connectivity index (χ0) is 15.6. The normalized spacial score (nSPS) is 12.7. The first-order valence-corrected chi connectivity index (χ1v) is 7.64. The number of benzene rings is 1. The number of rotatable bonds is 5. The summed E-state index contributed by atoms with van der Waals surface area (Å²) in [6.07, 6.45) is 2.07. The lowest BCUT2D eigenvalue weighted by atomic mass is 9.96. The summed E-state index contributed by atoms with van der Waals surface area (Å²) < 4.78 is 1.98. The van der Waals surface area contributed by atoms with Gasteiger partial charge in [-0.05, 0) is 58.7 Å². The molecule has 114 valence electrons. The van der Waals surface area contributed by atoms with E-state index in [1.807, 2.05) is 18.8 Å². The van der Waals surface area contributed by atoms with Gasteiger partial charge in [-0.15, -0.1) is 0 Å². The van der Waals surface area contributed by atoms with Crippen LogP contribution in [0.25, 0.3) is 0 Å². The Bertz CT molecular complexity index is 605. The fourth-order valence-corrected chi connectivity index (χ4v) is 3.11. The van der Waals surface area contributed by atoms with Crippen molar-refractivity contribution in [2.24, 2.45) is 7.05 Å². The monoisotopic (exact) mass is 285 g/mol. The first kappa shape index (κ1) is 15.8. The maximum Gasteiger partial charge on any atom is 0.0628 e. The average Bonchev–Trinajstić information content (AvgIpc) is 2.63. The predicted molar refractivity (Wildman–Crippen MR) is 88.9 cm³/mol. The molecule has 0 fully saturated rings. The summed E-state index contributed by atoms with van der Waals surface area (Å²) in [7, 11) is 4.07. The van der Waals surface area contributed by atoms with E-state index in [1.165, 1.54) is 27.9 Å². The molecule has 0 radical (unpaired) electrons. The van der Waals surface area contributed by atoms with Crippen LogP contribution in [0.15, 0.2) is 18.2 Å². The van der Waals surface area contributed by atoms with Crippen LogP contribution in [-0.4, -0.2) is 22.9 Å². The van der Waals surface area contributed by atoms with Crippen molar-refractivity contribution in [1.29, 1.82) is 0 Å². The first-order chi connectivity index (χ1) is 9.90. The van der Waals surface area contributed by atoms with Crippen molar-refractivity contribution >= 4 is 0 Å². The van der Waals surface area contributed by atoms with Gasteiger partial charge in [-0.2, -0.15) is 5.10 Å². The van der Waals surface area contributed by atoms with E-state index >= 15 is 0 Å². The van der Waals surface area contributed by atoms with Crippen LogP contribution in [0.3, 0.4) is 0 Å². The van der Waals surface area contributed by atoms with E-state index in [1.54, 1.807) is 0 Å². The molecule has 1 N–H and O–H groups in total. The van der Waals surface area contributed by atoms with E-state index in [0.717, 1.165) is 18.5 Å². The van der Waals surface area contributed by atoms with Gasteiger partial charge >= 0.3 is 0 Å². The molecule has 0 aliphatic carbocycles. The van der Waals surface area contributed by atoms with E-state index in [9.17, 15) is 0 Å². The fraction of sp³-hybridized carbons (Fsp3) is 0.500. The van der Waals surface area contributed by atoms with Crippen molar-refractivity contribution in [2.45, 2.75) is 46.6 Å². The summed E-state index contributed by atoms with van der Waals surface area (Å²) >= 11 is 0. The van der Waals surface area contributed by atoms with Crippen LogP contribution in [0.2, 0.25) is 0 Å². The van der Waals surface area contributed by atoms with Crippen LogP contribution in [-0.2, 0) is 19.9 Å². The molecule has 0 amide bonds. The molecule has 0 saturated heterocycles. The van der Waals surface area contributed by atoms with Gasteiger partial charge in [-0.1, -0.05) is 29.3 Å². The highest BCUT2D eigenvalue weighted by molar-refractivity contribution is 5.30. The third-order valence-electron chi connectivity index (χ3n) is 4.28. The minimum absolute atomic E-state index is 0.438. The molecule has 1 unspecified atom stereocenters. The molecule has 0 saturated carbocycles. The van der Waals surface area contributed by atoms with Crippen molar-refractivity contribution in [1.82, 2.24) is 15.1 Å². The van der Waals surface area contributed by atoms with E-state index in [0.29, 0.717) is 6.04 Å². The number of aromatic nitrogens is 2. The standard InChI is InChI=1S/C18H27N3/c1-12-7-13(2)9-16(8-12)10-17(19-5)11-18-14(3)20-21(6)15(18)4/h7-9,17,19H,10-11H2,1-6H3. The Morgan fingerprint density at radius 2 is 1.67 bits per heavy atom. The summed E-state index contributed by atoms with van der Waals surface area (Å²) in [5, 5.41) is 7.99. The maximum absolute atomic E-state index is 4.52. The number of nitrogens with one attached hydrogen (secondary N) is 1. The Labute approximate surface area is 128 Å². The summed E-state index contributed by atoms with van der Waals surface area (Å²) in [6.45, 7) is 8.59. The van der Waals surface area contributed by atoms with E-state index in [-0.39, 0.29) is 0 Å². The highest BCUT2D eigenvalue weighted by Gasteiger charge is 2.15. The molecule has 2 aromatic rings. The molecule has 0 spiro atoms. The van der Waals surface area contributed by atoms with Crippen LogP contribution in [0, 0.1) is 27.7 Å². The van der Waals surface area contributed by atoms with Gasteiger partial charge in [0, 0.05) is 18.8 Å². The molecule has 1 aromatic heterocycles. The summed E-state index contributed by atoms with van der Waals surface area (Å²) in [6, 6.07) is 7.25. The maximum atomic E-state index is 4.52. The smallest absolute Gasteiger partial charge is 0.0628 e. The third-order valence-corrected chi connectivity index (χ3v) is 4.28. The third kappa shape index (κ3) is 3.73. The van der Waals surface area contributed by atoms with Crippen molar-refractivity contribution in [3.8, 4) is 0 Å². The minimum Gasteiger partial charge on any atom is -0.316 e. The average molecular weight is 285 g/mol. The molecule has 3 nitrogen and oxygen atoms in total. The lowest BCUT2D eigenvalue weighted by Crippen LogP contribution is -2.30. The van der Waals surface area contributed by atoms with Crippen LogP contribution >= 0.6 is 0 Å². The minimum atomic E-state index is 0.438. The van der Waals surface area contributed by atoms with Crippen LogP contribution < -0.4 is 5.32 Å². The number of nitrogens with zero attached hydrogens (tertiary/aromatic N) is 2. The number of hydrogen-bond acceptors (Lipinski definition) is 2. The van der Waals surface area contributed by atoms with E-state index < -0.39 is 0 Å². The van der Waals surface area contributed by atoms with Crippen LogP contribution in [0.4, 0.5) is 0 Å². The van der Waals surface area contributed by atoms with Crippen LogP contribution in [0.1, 0.15) is 33.6 Å². The molecule has 3 heteroatoms. The molecular formula is C18H27N3. The summed E-state index contributed by atoms with van der Waals surface area (Å²) in [5.74, 6) is 0. The Kier molecular flexibility index (Phi) is 4.84. The highest BCUT2D eigenvalue weighted by Crippen LogP contribution is 2.17. The van der Waals surface area contributed by atoms with Gasteiger partial charge in [0.2, 0.25) is 0 Å². The summed E-state index contributed by atoms with van der Waals surface area (Å²) in [4.78, 5) is 0. The molecule has 0 bridgehead atoms. The molecular weight excluding hydrogens is 258 g/mol. The molecule has 0 aliphatic heterocycles. The zero-order valence-corrected chi connectivity index (χ0v) is 14.1. The largest absolute Gasteiger partial charge is 0.316 e.